The second-order valence-electron chi connectivity index (χ2n) is 3.34. The van der Waals surface area contributed by atoms with E-state index in [1.165, 1.54) is 0 Å². The van der Waals surface area contributed by atoms with Crippen molar-refractivity contribution >= 4 is 5.82 Å². The summed E-state index contributed by atoms with van der Waals surface area (Å²) in [5, 5.41) is 16.1. The number of nitrogens with zero attached hydrogens (tertiary/aromatic N) is 1. The maximum atomic E-state index is 9.59. The third kappa shape index (κ3) is 1.08. The number of aliphatic hydroxyl groups excluding tert-OH is 1. The van der Waals surface area contributed by atoms with E-state index in [4.69, 9.17) is 5.73 Å². The standard InChI is InChI=1S/C8H13N3O/c9-8-6(4-10-11-8)5-2-1-3-7(5)12/h4-5,7,12H,1-3H2,(H3,9,10,11). The highest BCUT2D eigenvalue weighted by Gasteiger charge is 2.28. The van der Waals surface area contributed by atoms with Crippen LogP contribution in [0, 0.1) is 0 Å². The minimum absolute atomic E-state index is 0.198. The minimum Gasteiger partial charge on any atom is -0.392 e. The van der Waals surface area contributed by atoms with Gasteiger partial charge in [0.1, 0.15) is 5.82 Å². The molecule has 2 rings (SSSR count). The molecule has 0 aromatic carbocycles. The van der Waals surface area contributed by atoms with Crippen LogP contribution in [-0.2, 0) is 0 Å². The first-order valence-corrected chi connectivity index (χ1v) is 4.26. The van der Waals surface area contributed by atoms with E-state index in [1.54, 1.807) is 6.20 Å². The number of hydrogen-bond donors (Lipinski definition) is 3. The Morgan fingerprint density at radius 3 is 2.92 bits per heavy atom. The van der Waals surface area contributed by atoms with Gasteiger partial charge in [0.05, 0.1) is 12.3 Å². The molecular formula is C8H13N3O. The summed E-state index contributed by atoms with van der Waals surface area (Å²) in [6, 6.07) is 0. The number of aliphatic hydroxyl groups is 1. The summed E-state index contributed by atoms with van der Waals surface area (Å²) >= 11 is 0. The first-order chi connectivity index (χ1) is 5.79. The number of aromatic amines is 1. The van der Waals surface area contributed by atoms with Crippen LogP contribution < -0.4 is 5.73 Å². The second-order valence-corrected chi connectivity index (χ2v) is 3.34. The monoisotopic (exact) mass is 167 g/mol. The molecule has 0 spiro atoms. The van der Waals surface area contributed by atoms with Gasteiger partial charge < -0.3 is 10.8 Å². The molecule has 1 aliphatic rings. The second kappa shape index (κ2) is 2.79. The smallest absolute Gasteiger partial charge is 0.122 e. The number of aromatic nitrogens is 2. The van der Waals surface area contributed by atoms with Gasteiger partial charge in [0.2, 0.25) is 0 Å². The normalized spacial score (nSPS) is 29.4. The van der Waals surface area contributed by atoms with Gasteiger partial charge in [-0.1, -0.05) is 6.42 Å². The predicted molar refractivity (Wildman–Crippen MR) is 45.6 cm³/mol. The summed E-state index contributed by atoms with van der Waals surface area (Å²) in [5.74, 6) is 0.796. The van der Waals surface area contributed by atoms with Gasteiger partial charge >= 0.3 is 0 Å². The quantitative estimate of drug-likeness (QED) is 0.574. The zero-order valence-electron chi connectivity index (χ0n) is 6.83. The molecule has 1 fully saturated rings. The van der Waals surface area contributed by atoms with E-state index in [2.05, 4.69) is 10.2 Å². The lowest BCUT2D eigenvalue weighted by atomic mass is 9.98. The van der Waals surface area contributed by atoms with Crippen LogP contribution in [0.5, 0.6) is 0 Å². The van der Waals surface area contributed by atoms with E-state index in [-0.39, 0.29) is 12.0 Å². The lowest BCUT2D eigenvalue weighted by Gasteiger charge is -2.12. The molecule has 4 heteroatoms. The van der Waals surface area contributed by atoms with Crippen molar-refractivity contribution in [2.75, 3.05) is 5.73 Å². The van der Waals surface area contributed by atoms with Gasteiger partial charge in [0, 0.05) is 11.5 Å². The Labute approximate surface area is 70.8 Å². The maximum absolute atomic E-state index is 9.59. The summed E-state index contributed by atoms with van der Waals surface area (Å²) in [5.41, 5.74) is 6.63. The third-order valence-corrected chi connectivity index (χ3v) is 2.58. The van der Waals surface area contributed by atoms with Gasteiger partial charge in [-0.3, -0.25) is 5.10 Å². The van der Waals surface area contributed by atoms with E-state index in [0.717, 1.165) is 24.8 Å². The van der Waals surface area contributed by atoms with Crippen LogP contribution in [-0.4, -0.2) is 21.4 Å². The average molecular weight is 167 g/mol. The molecule has 2 atom stereocenters. The Hall–Kier alpha value is -1.03. The third-order valence-electron chi connectivity index (χ3n) is 2.58. The average Bonchev–Trinajstić information content (AvgIpc) is 2.59. The number of anilines is 1. The first kappa shape index (κ1) is 7.61. The number of hydrogen-bond acceptors (Lipinski definition) is 3. The molecule has 12 heavy (non-hydrogen) atoms. The number of nitrogen functional groups attached to an aromatic ring is 1. The number of nitrogens with two attached hydrogens (primary N) is 1. The molecule has 66 valence electrons. The Bertz CT molecular complexity index is 271. The van der Waals surface area contributed by atoms with Crippen molar-refractivity contribution in [3.8, 4) is 0 Å². The van der Waals surface area contributed by atoms with E-state index in [9.17, 15) is 5.11 Å². The molecule has 1 heterocycles. The van der Waals surface area contributed by atoms with E-state index >= 15 is 0 Å². The highest BCUT2D eigenvalue weighted by atomic mass is 16.3. The van der Waals surface area contributed by atoms with Crippen molar-refractivity contribution in [2.24, 2.45) is 0 Å². The number of rotatable bonds is 1. The van der Waals surface area contributed by atoms with Crippen molar-refractivity contribution in [1.29, 1.82) is 0 Å². The summed E-state index contributed by atoms with van der Waals surface area (Å²) in [4.78, 5) is 0. The van der Waals surface area contributed by atoms with Crippen LogP contribution in [0.3, 0.4) is 0 Å². The molecule has 0 bridgehead atoms. The molecular weight excluding hydrogens is 154 g/mol. The molecule has 4 nitrogen and oxygen atoms in total. The van der Waals surface area contributed by atoms with Crippen LogP contribution in [0.2, 0.25) is 0 Å². The molecule has 1 saturated carbocycles. The highest BCUT2D eigenvalue weighted by molar-refractivity contribution is 5.40. The maximum Gasteiger partial charge on any atom is 0.122 e. The van der Waals surface area contributed by atoms with Gasteiger partial charge in [-0.2, -0.15) is 5.10 Å². The van der Waals surface area contributed by atoms with E-state index < -0.39 is 0 Å². The molecule has 0 radical (unpaired) electrons. The Morgan fingerprint density at radius 1 is 1.58 bits per heavy atom. The van der Waals surface area contributed by atoms with E-state index in [0.29, 0.717) is 5.82 Å². The highest BCUT2D eigenvalue weighted by Crippen LogP contribution is 2.36. The summed E-state index contributed by atoms with van der Waals surface area (Å²) in [6.45, 7) is 0. The summed E-state index contributed by atoms with van der Waals surface area (Å²) in [7, 11) is 0. The molecule has 4 N–H and O–H groups in total. The largest absolute Gasteiger partial charge is 0.392 e. The van der Waals surface area contributed by atoms with Crippen molar-refractivity contribution in [3.05, 3.63) is 11.8 Å². The van der Waals surface area contributed by atoms with Gasteiger partial charge in [-0.05, 0) is 12.8 Å². The van der Waals surface area contributed by atoms with Crippen LogP contribution in [0.15, 0.2) is 6.20 Å². The Kier molecular flexibility index (Phi) is 1.77. The van der Waals surface area contributed by atoms with Crippen molar-refractivity contribution in [1.82, 2.24) is 10.2 Å². The van der Waals surface area contributed by atoms with Gasteiger partial charge in [0.15, 0.2) is 0 Å². The molecule has 0 aliphatic heterocycles. The van der Waals surface area contributed by atoms with E-state index in [1.807, 2.05) is 0 Å². The molecule has 1 aromatic heterocycles. The van der Waals surface area contributed by atoms with Crippen molar-refractivity contribution < 1.29 is 5.11 Å². The van der Waals surface area contributed by atoms with Gasteiger partial charge in [-0.15, -0.1) is 0 Å². The lowest BCUT2D eigenvalue weighted by molar-refractivity contribution is 0.164. The number of H-pyrrole nitrogens is 1. The van der Waals surface area contributed by atoms with Gasteiger partial charge in [0.25, 0.3) is 0 Å². The Balaban J connectivity index is 2.24. The summed E-state index contributed by atoms with van der Waals surface area (Å²) in [6.07, 6.45) is 4.47. The Morgan fingerprint density at radius 2 is 2.42 bits per heavy atom. The molecule has 0 amide bonds. The molecule has 1 aromatic rings. The molecule has 0 saturated heterocycles. The van der Waals surface area contributed by atoms with Crippen LogP contribution in [0.25, 0.3) is 0 Å². The molecule has 1 aliphatic carbocycles. The van der Waals surface area contributed by atoms with Gasteiger partial charge in [-0.25, -0.2) is 0 Å². The van der Waals surface area contributed by atoms with Crippen molar-refractivity contribution in [2.45, 2.75) is 31.3 Å². The fourth-order valence-corrected chi connectivity index (χ4v) is 1.90. The van der Waals surface area contributed by atoms with Crippen LogP contribution >= 0.6 is 0 Å². The topological polar surface area (TPSA) is 74.9 Å². The zero-order chi connectivity index (χ0) is 8.55. The van der Waals surface area contributed by atoms with Crippen LogP contribution in [0.4, 0.5) is 5.82 Å². The van der Waals surface area contributed by atoms with Crippen LogP contribution in [0.1, 0.15) is 30.7 Å². The minimum atomic E-state index is -0.232. The fraction of sp³-hybridized carbons (Fsp3) is 0.625. The zero-order valence-corrected chi connectivity index (χ0v) is 6.83. The predicted octanol–water partition coefficient (Wildman–Crippen LogP) is 0.620. The fourth-order valence-electron chi connectivity index (χ4n) is 1.90. The lowest BCUT2D eigenvalue weighted by Crippen LogP contribution is -2.11. The first-order valence-electron chi connectivity index (χ1n) is 4.26. The SMILES string of the molecule is Nc1[nH]ncc1C1CCCC1O. The van der Waals surface area contributed by atoms with Crippen molar-refractivity contribution in [3.63, 3.8) is 0 Å². The number of nitrogens with one attached hydrogen (secondary N) is 1. The summed E-state index contributed by atoms with van der Waals surface area (Å²) < 4.78 is 0. The molecule has 2 unspecified atom stereocenters.